The van der Waals surface area contributed by atoms with Crippen molar-refractivity contribution in [1.29, 1.82) is 5.26 Å². The van der Waals surface area contributed by atoms with E-state index in [1.54, 1.807) is 13.1 Å². The quantitative estimate of drug-likeness (QED) is 0.812. The van der Waals surface area contributed by atoms with Gasteiger partial charge in [-0.3, -0.25) is 9.59 Å². The number of hydrogen-bond acceptors (Lipinski definition) is 6. The molecule has 24 heavy (non-hydrogen) atoms. The van der Waals surface area contributed by atoms with Crippen molar-refractivity contribution in [2.45, 2.75) is 25.9 Å². The minimum Gasteiger partial charge on any atom is -0.508 e. The Balaban J connectivity index is 1.97. The van der Waals surface area contributed by atoms with E-state index in [0.717, 1.165) is 0 Å². The second-order valence-electron chi connectivity index (χ2n) is 5.42. The van der Waals surface area contributed by atoms with Crippen molar-refractivity contribution in [3.05, 3.63) is 30.0 Å². The topological polar surface area (TPSA) is 104 Å². The van der Waals surface area contributed by atoms with Crippen LogP contribution in [0.2, 0.25) is 0 Å². The summed E-state index contributed by atoms with van der Waals surface area (Å²) in [5.41, 5.74) is 1.09. The number of benzene rings is 1. The summed E-state index contributed by atoms with van der Waals surface area (Å²) in [5, 5.41) is 18.6. The van der Waals surface area contributed by atoms with Crippen molar-refractivity contribution in [3.63, 3.8) is 0 Å². The van der Waals surface area contributed by atoms with Gasteiger partial charge < -0.3 is 19.2 Å². The Labute approximate surface area is 139 Å². The van der Waals surface area contributed by atoms with E-state index in [9.17, 15) is 14.7 Å². The molecule has 0 bridgehead atoms. The molecule has 2 rings (SSSR count). The van der Waals surface area contributed by atoms with Crippen molar-refractivity contribution >= 4 is 22.8 Å². The average molecular weight is 330 g/mol. The molecule has 1 amide bonds. The van der Waals surface area contributed by atoms with E-state index >= 15 is 0 Å². The number of aromatic hydroxyl groups is 1. The third kappa shape index (κ3) is 4.04. The number of furan rings is 1. The standard InChI is InChI=1S/C17H18N2O5/c1-11(17(22)19(2)7-3-6-18)24-16(21)8-12-10-23-15-9-13(20)4-5-14(12)15/h4-5,9-11,20H,3,7-8H2,1-2H3/t11-/m0/s1. The summed E-state index contributed by atoms with van der Waals surface area (Å²) in [6.45, 7) is 1.78. The monoisotopic (exact) mass is 330 g/mol. The molecule has 0 spiro atoms. The Kier molecular flexibility index (Phi) is 5.42. The van der Waals surface area contributed by atoms with Gasteiger partial charge in [0.1, 0.15) is 11.3 Å². The van der Waals surface area contributed by atoms with Gasteiger partial charge in [0.2, 0.25) is 0 Å². The average Bonchev–Trinajstić information content (AvgIpc) is 2.93. The zero-order valence-corrected chi connectivity index (χ0v) is 13.5. The van der Waals surface area contributed by atoms with Gasteiger partial charge in [-0.05, 0) is 19.1 Å². The van der Waals surface area contributed by atoms with Crippen LogP contribution in [-0.2, 0) is 20.7 Å². The molecule has 1 heterocycles. The molecule has 0 fully saturated rings. The number of phenols is 1. The minimum absolute atomic E-state index is 0.0443. The molecule has 126 valence electrons. The summed E-state index contributed by atoms with van der Waals surface area (Å²) < 4.78 is 10.4. The van der Waals surface area contributed by atoms with Gasteiger partial charge in [-0.15, -0.1) is 0 Å². The van der Waals surface area contributed by atoms with Gasteiger partial charge >= 0.3 is 5.97 Å². The second-order valence-corrected chi connectivity index (χ2v) is 5.42. The number of carbonyl (C=O) groups is 2. The summed E-state index contributed by atoms with van der Waals surface area (Å²) in [6, 6.07) is 6.57. The third-order valence-electron chi connectivity index (χ3n) is 3.57. The number of fused-ring (bicyclic) bond motifs is 1. The molecule has 1 atom stereocenters. The lowest BCUT2D eigenvalue weighted by atomic mass is 10.1. The zero-order chi connectivity index (χ0) is 17.7. The Hall–Kier alpha value is -3.01. The van der Waals surface area contributed by atoms with E-state index in [1.165, 1.54) is 30.2 Å². The van der Waals surface area contributed by atoms with Gasteiger partial charge in [-0.2, -0.15) is 5.26 Å². The van der Waals surface area contributed by atoms with Crippen LogP contribution in [0, 0.1) is 11.3 Å². The van der Waals surface area contributed by atoms with Crippen LogP contribution < -0.4 is 0 Å². The number of esters is 1. The molecule has 7 heteroatoms. The molecule has 0 radical (unpaired) electrons. The first-order chi connectivity index (χ1) is 11.4. The van der Waals surface area contributed by atoms with Crippen LogP contribution in [0.1, 0.15) is 18.9 Å². The first-order valence-corrected chi connectivity index (χ1v) is 7.43. The maximum atomic E-state index is 12.0. The van der Waals surface area contributed by atoms with Gasteiger partial charge in [0, 0.05) is 30.6 Å². The fraction of sp³-hybridized carbons (Fsp3) is 0.353. The fourth-order valence-electron chi connectivity index (χ4n) is 2.29. The van der Waals surface area contributed by atoms with Crippen molar-refractivity contribution in [2.75, 3.05) is 13.6 Å². The van der Waals surface area contributed by atoms with Gasteiger partial charge in [0.15, 0.2) is 6.10 Å². The summed E-state index contributed by atoms with van der Waals surface area (Å²) in [5.74, 6) is -0.841. The molecule has 1 N–H and O–H groups in total. The van der Waals surface area contributed by atoms with E-state index in [0.29, 0.717) is 16.5 Å². The number of likely N-dealkylation sites (N-methyl/N-ethyl adjacent to an activating group) is 1. The Bertz CT molecular complexity index is 790. The molecule has 0 aliphatic rings. The predicted molar refractivity (Wildman–Crippen MR) is 85.0 cm³/mol. The van der Waals surface area contributed by atoms with E-state index < -0.39 is 12.1 Å². The number of phenolic OH excluding ortho intramolecular Hbond substituents is 1. The van der Waals surface area contributed by atoms with Gasteiger partial charge in [0.05, 0.1) is 25.2 Å². The lowest BCUT2D eigenvalue weighted by Gasteiger charge is -2.20. The molecular formula is C17H18N2O5. The fourth-order valence-corrected chi connectivity index (χ4v) is 2.29. The highest BCUT2D eigenvalue weighted by molar-refractivity contribution is 5.88. The molecule has 1 aromatic carbocycles. The maximum absolute atomic E-state index is 12.0. The molecular weight excluding hydrogens is 312 g/mol. The second kappa shape index (κ2) is 7.51. The van der Waals surface area contributed by atoms with E-state index in [-0.39, 0.29) is 31.0 Å². The van der Waals surface area contributed by atoms with Crippen molar-refractivity contribution in [1.82, 2.24) is 4.90 Å². The Morgan fingerprint density at radius 3 is 2.92 bits per heavy atom. The van der Waals surface area contributed by atoms with Crippen LogP contribution in [-0.4, -0.2) is 41.6 Å². The van der Waals surface area contributed by atoms with E-state index in [1.807, 2.05) is 6.07 Å². The number of hydrogen-bond donors (Lipinski definition) is 1. The predicted octanol–water partition coefficient (Wildman–Crippen LogP) is 1.98. The number of nitrogens with zero attached hydrogens (tertiary/aromatic N) is 2. The van der Waals surface area contributed by atoms with Crippen LogP contribution in [0.15, 0.2) is 28.9 Å². The summed E-state index contributed by atoms with van der Waals surface area (Å²) >= 11 is 0. The highest BCUT2D eigenvalue weighted by Gasteiger charge is 2.22. The summed E-state index contributed by atoms with van der Waals surface area (Å²) in [7, 11) is 1.56. The Morgan fingerprint density at radius 1 is 1.46 bits per heavy atom. The lowest BCUT2D eigenvalue weighted by molar-refractivity contribution is -0.157. The first-order valence-electron chi connectivity index (χ1n) is 7.43. The van der Waals surface area contributed by atoms with Gasteiger partial charge in [0.25, 0.3) is 5.91 Å². The molecule has 0 unspecified atom stereocenters. The van der Waals surface area contributed by atoms with Crippen LogP contribution >= 0.6 is 0 Å². The molecule has 2 aromatic rings. The number of rotatable bonds is 6. The largest absolute Gasteiger partial charge is 0.508 e. The first kappa shape index (κ1) is 17.3. The van der Waals surface area contributed by atoms with Crippen LogP contribution in [0.5, 0.6) is 5.75 Å². The van der Waals surface area contributed by atoms with E-state index in [2.05, 4.69) is 0 Å². The highest BCUT2D eigenvalue weighted by atomic mass is 16.5. The SMILES string of the molecule is C[C@H](OC(=O)Cc1coc2cc(O)ccc12)C(=O)N(C)CCC#N. The zero-order valence-electron chi connectivity index (χ0n) is 13.5. The van der Waals surface area contributed by atoms with Gasteiger partial charge in [-0.25, -0.2) is 0 Å². The molecule has 7 nitrogen and oxygen atoms in total. The minimum atomic E-state index is -0.927. The molecule has 0 saturated carbocycles. The molecule has 0 aliphatic carbocycles. The Morgan fingerprint density at radius 2 is 2.21 bits per heavy atom. The van der Waals surface area contributed by atoms with Crippen molar-refractivity contribution in [3.8, 4) is 11.8 Å². The molecule has 1 aromatic heterocycles. The normalized spacial score (nSPS) is 11.7. The summed E-state index contributed by atoms with van der Waals surface area (Å²) in [4.78, 5) is 25.4. The van der Waals surface area contributed by atoms with Crippen molar-refractivity contribution < 1.29 is 23.8 Å². The highest BCUT2D eigenvalue weighted by Crippen LogP contribution is 2.25. The van der Waals surface area contributed by atoms with Gasteiger partial charge in [-0.1, -0.05) is 0 Å². The number of nitriles is 1. The van der Waals surface area contributed by atoms with Crippen molar-refractivity contribution in [2.24, 2.45) is 0 Å². The van der Waals surface area contributed by atoms with E-state index in [4.69, 9.17) is 14.4 Å². The third-order valence-corrected chi connectivity index (χ3v) is 3.57. The maximum Gasteiger partial charge on any atom is 0.311 e. The van der Waals surface area contributed by atoms with Crippen LogP contribution in [0.3, 0.4) is 0 Å². The molecule has 0 saturated heterocycles. The number of amides is 1. The smallest absolute Gasteiger partial charge is 0.311 e. The van der Waals surface area contributed by atoms with Crippen LogP contribution in [0.25, 0.3) is 11.0 Å². The number of carbonyl (C=O) groups excluding carboxylic acids is 2. The molecule has 0 aliphatic heterocycles. The lowest BCUT2D eigenvalue weighted by Crippen LogP contribution is -2.38. The van der Waals surface area contributed by atoms with Crippen LogP contribution in [0.4, 0.5) is 0 Å². The summed E-state index contributed by atoms with van der Waals surface area (Å²) in [6.07, 6.45) is 0.675. The number of ether oxygens (including phenoxy) is 1.